The average molecular weight is 413 g/mol. The number of nitrogens with one attached hydrogen (secondary N) is 1. The molecule has 1 aromatic heterocycles. The van der Waals surface area contributed by atoms with Crippen molar-refractivity contribution >= 4 is 17.6 Å². The third kappa shape index (κ3) is 5.39. The Balaban J connectivity index is 1.34. The van der Waals surface area contributed by atoms with Gasteiger partial charge in [-0.15, -0.1) is 10.2 Å². The van der Waals surface area contributed by atoms with Gasteiger partial charge >= 0.3 is 5.97 Å². The first-order chi connectivity index (χ1) is 15.2. The Morgan fingerprint density at radius 2 is 1.65 bits per heavy atom. The summed E-state index contributed by atoms with van der Waals surface area (Å²) in [4.78, 5) is 25.9. The zero-order chi connectivity index (χ0) is 21.5. The van der Waals surface area contributed by atoms with Crippen molar-refractivity contribution < 1.29 is 14.3 Å². The van der Waals surface area contributed by atoms with Gasteiger partial charge in [-0.05, 0) is 29.0 Å². The van der Waals surface area contributed by atoms with E-state index in [4.69, 9.17) is 4.74 Å². The van der Waals surface area contributed by atoms with E-state index in [1.165, 1.54) is 4.80 Å². The van der Waals surface area contributed by atoms with Crippen LogP contribution in [0.4, 0.5) is 5.69 Å². The summed E-state index contributed by atoms with van der Waals surface area (Å²) in [5, 5.41) is 14.8. The molecule has 0 aliphatic carbocycles. The van der Waals surface area contributed by atoms with Crippen molar-refractivity contribution in [2.75, 3.05) is 5.32 Å². The van der Waals surface area contributed by atoms with Crippen molar-refractivity contribution in [1.82, 2.24) is 20.2 Å². The van der Waals surface area contributed by atoms with Gasteiger partial charge < -0.3 is 10.1 Å². The Labute approximate surface area is 178 Å². The lowest BCUT2D eigenvalue weighted by molar-refractivity contribution is -0.117. The van der Waals surface area contributed by atoms with Crippen molar-refractivity contribution in [1.29, 1.82) is 0 Å². The van der Waals surface area contributed by atoms with Gasteiger partial charge in [0, 0.05) is 11.3 Å². The Bertz CT molecular complexity index is 1180. The number of hydrogen-bond donors (Lipinski definition) is 1. The van der Waals surface area contributed by atoms with Crippen LogP contribution in [0.15, 0.2) is 84.9 Å². The van der Waals surface area contributed by atoms with E-state index in [0.717, 1.165) is 11.1 Å². The number of tetrazole rings is 1. The number of rotatable bonds is 7. The topological polar surface area (TPSA) is 99.0 Å². The van der Waals surface area contributed by atoms with Gasteiger partial charge in [0.05, 0.1) is 5.56 Å². The van der Waals surface area contributed by atoms with Crippen LogP contribution in [0.5, 0.6) is 0 Å². The molecule has 0 aliphatic rings. The van der Waals surface area contributed by atoms with Crippen LogP contribution >= 0.6 is 0 Å². The minimum absolute atomic E-state index is 0.109. The molecule has 0 spiro atoms. The highest BCUT2D eigenvalue weighted by atomic mass is 16.5. The molecule has 8 heteroatoms. The molecule has 4 rings (SSSR count). The summed E-state index contributed by atoms with van der Waals surface area (Å²) in [6.07, 6.45) is 0. The largest absolute Gasteiger partial charge is 0.457 e. The fourth-order valence-corrected chi connectivity index (χ4v) is 2.87. The zero-order valence-corrected chi connectivity index (χ0v) is 16.5. The molecule has 1 heterocycles. The molecule has 0 atom stereocenters. The standard InChI is InChI=1S/C23H19N5O3/c29-21(15-28-26-22(25-27-28)18-10-5-2-6-11-18)24-20-13-7-12-19(14-20)23(30)31-16-17-8-3-1-4-9-17/h1-14H,15-16H2,(H,24,29). The molecule has 154 valence electrons. The van der Waals surface area contributed by atoms with Crippen LogP contribution in [0.1, 0.15) is 15.9 Å². The number of anilines is 1. The van der Waals surface area contributed by atoms with Crippen LogP contribution in [0.3, 0.4) is 0 Å². The van der Waals surface area contributed by atoms with Crippen molar-refractivity contribution in [3.05, 3.63) is 96.1 Å². The molecule has 4 aromatic rings. The quantitative estimate of drug-likeness (QED) is 0.467. The number of nitrogens with zero attached hydrogens (tertiary/aromatic N) is 4. The highest BCUT2D eigenvalue weighted by Gasteiger charge is 2.12. The number of benzene rings is 3. The van der Waals surface area contributed by atoms with E-state index in [1.807, 2.05) is 60.7 Å². The molecule has 1 N–H and O–H groups in total. The lowest BCUT2D eigenvalue weighted by Crippen LogP contribution is -2.20. The van der Waals surface area contributed by atoms with Gasteiger partial charge in [-0.3, -0.25) is 4.79 Å². The Morgan fingerprint density at radius 1 is 0.903 bits per heavy atom. The van der Waals surface area contributed by atoms with Gasteiger partial charge in [0.1, 0.15) is 13.2 Å². The van der Waals surface area contributed by atoms with E-state index in [-0.39, 0.29) is 19.1 Å². The molecular formula is C23H19N5O3. The van der Waals surface area contributed by atoms with Crippen LogP contribution < -0.4 is 5.32 Å². The SMILES string of the molecule is O=C(Cn1nnc(-c2ccccc2)n1)Nc1cccc(C(=O)OCc2ccccc2)c1. The Morgan fingerprint density at radius 3 is 2.42 bits per heavy atom. The molecule has 8 nitrogen and oxygen atoms in total. The molecule has 0 radical (unpaired) electrons. The van der Waals surface area contributed by atoms with Crippen LogP contribution in [0.2, 0.25) is 0 Å². The third-order valence-corrected chi connectivity index (χ3v) is 4.36. The number of hydrogen-bond acceptors (Lipinski definition) is 6. The summed E-state index contributed by atoms with van der Waals surface area (Å²) in [6.45, 7) is 0.0699. The number of esters is 1. The number of carbonyl (C=O) groups is 2. The molecule has 0 aliphatic heterocycles. The molecule has 0 saturated heterocycles. The Kier molecular flexibility index (Phi) is 6.08. The minimum atomic E-state index is -0.467. The van der Waals surface area contributed by atoms with Crippen LogP contribution in [0, 0.1) is 0 Å². The predicted molar refractivity (Wildman–Crippen MR) is 114 cm³/mol. The third-order valence-electron chi connectivity index (χ3n) is 4.36. The van der Waals surface area contributed by atoms with Gasteiger partial charge in [-0.2, -0.15) is 4.80 Å². The maximum Gasteiger partial charge on any atom is 0.338 e. The van der Waals surface area contributed by atoms with E-state index in [1.54, 1.807) is 24.3 Å². The van der Waals surface area contributed by atoms with E-state index in [9.17, 15) is 9.59 Å². The summed E-state index contributed by atoms with van der Waals surface area (Å²) < 4.78 is 5.33. The second-order valence-electron chi connectivity index (χ2n) is 6.70. The van der Waals surface area contributed by atoms with Crippen LogP contribution in [-0.4, -0.2) is 32.1 Å². The van der Waals surface area contributed by atoms with Gasteiger partial charge in [-0.1, -0.05) is 66.7 Å². The smallest absolute Gasteiger partial charge is 0.338 e. The van der Waals surface area contributed by atoms with Gasteiger partial charge in [-0.25, -0.2) is 4.79 Å². The maximum absolute atomic E-state index is 12.4. The molecule has 0 fully saturated rings. The monoisotopic (exact) mass is 413 g/mol. The van der Waals surface area contributed by atoms with E-state index in [2.05, 4.69) is 20.7 Å². The van der Waals surface area contributed by atoms with Crippen molar-refractivity contribution in [3.63, 3.8) is 0 Å². The lowest BCUT2D eigenvalue weighted by Gasteiger charge is -2.08. The molecule has 1 amide bonds. The van der Waals surface area contributed by atoms with Gasteiger partial charge in [0.15, 0.2) is 0 Å². The highest BCUT2D eigenvalue weighted by molar-refractivity contribution is 5.94. The Hall–Kier alpha value is -4.33. The van der Waals surface area contributed by atoms with Crippen molar-refractivity contribution in [3.8, 4) is 11.4 Å². The highest BCUT2D eigenvalue weighted by Crippen LogP contribution is 2.14. The predicted octanol–water partition coefficient (Wildman–Crippen LogP) is 3.34. The normalized spacial score (nSPS) is 10.5. The zero-order valence-electron chi connectivity index (χ0n) is 16.5. The molecular weight excluding hydrogens is 394 g/mol. The summed E-state index contributed by atoms with van der Waals surface area (Å²) in [5.74, 6) is -0.367. The van der Waals surface area contributed by atoms with Crippen molar-refractivity contribution in [2.24, 2.45) is 0 Å². The van der Waals surface area contributed by atoms with E-state index < -0.39 is 5.97 Å². The van der Waals surface area contributed by atoms with Crippen LogP contribution in [-0.2, 0) is 22.7 Å². The molecule has 0 unspecified atom stereocenters. The first kappa shape index (κ1) is 20.0. The molecule has 0 bridgehead atoms. The minimum Gasteiger partial charge on any atom is -0.457 e. The van der Waals surface area contributed by atoms with Crippen LogP contribution in [0.25, 0.3) is 11.4 Å². The van der Waals surface area contributed by atoms with Gasteiger partial charge in [0.25, 0.3) is 0 Å². The second-order valence-corrected chi connectivity index (χ2v) is 6.70. The summed E-state index contributed by atoms with van der Waals surface area (Å²) >= 11 is 0. The fraction of sp³-hybridized carbons (Fsp3) is 0.0870. The average Bonchev–Trinajstić information content (AvgIpc) is 3.27. The summed E-state index contributed by atoms with van der Waals surface area (Å²) in [5.41, 5.74) is 2.54. The first-order valence-corrected chi connectivity index (χ1v) is 9.61. The second kappa shape index (κ2) is 9.45. The van der Waals surface area contributed by atoms with E-state index in [0.29, 0.717) is 17.1 Å². The molecule has 3 aromatic carbocycles. The summed E-state index contributed by atoms with van der Waals surface area (Å²) in [6, 6.07) is 25.4. The lowest BCUT2D eigenvalue weighted by atomic mass is 10.2. The first-order valence-electron chi connectivity index (χ1n) is 9.61. The number of aromatic nitrogens is 4. The van der Waals surface area contributed by atoms with Gasteiger partial charge in [0.2, 0.25) is 11.7 Å². The number of carbonyl (C=O) groups excluding carboxylic acids is 2. The van der Waals surface area contributed by atoms with E-state index >= 15 is 0 Å². The summed E-state index contributed by atoms with van der Waals surface area (Å²) in [7, 11) is 0. The molecule has 0 saturated carbocycles. The number of ether oxygens (including phenoxy) is 1. The number of amides is 1. The maximum atomic E-state index is 12.4. The van der Waals surface area contributed by atoms with Crippen molar-refractivity contribution in [2.45, 2.75) is 13.2 Å². The molecule has 31 heavy (non-hydrogen) atoms. The fourth-order valence-electron chi connectivity index (χ4n) is 2.87.